The minimum atomic E-state index is -0.237. The number of benzene rings is 2. The van der Waals surface area contributed by atoms with Gasteiger partial charge in [0.05, 0.1) is 14.2 Å². The molecule has 1 amide bonds. The molecular formula is C19H19N3O4. The molecule has 3 aromatic rings. The van der Waals surface area contributed by atoms with Crippen LogP contribution in [0.5, 0.6) is 11.5 Å². The highest BCUT2D eigenvalue weighted by Crippen LogP contribution is 2.28. The molecule has 26 heavy (non-hydrogen) atoms. The molecule has 0 spiro atoms. The summed E-state index contributed by atoms with van der Waals surface area (Å²) in [6, 6.07) is 14.1. The van der Waals surface area contributed by atoms with Crippen molar-refractivity contribution in [3.05, 3.63) is 59.9 Å². The summed E-state index contributed by atoms with van der Waals surface area (Å²) in [4.78, 5) is 12.4. The molecule has 0 fully saturated rings. The van der Waals surface area contributed by atoms with Crippen molar-refractivity contribution in [2.45, 2.75) is 6.92 Å². The maximum atomic E-state index is 12.4. The molecule has 0 aliphatic carbocycles. The predicted molar refractivity (Wildman–Crippen MR) is 98.5 cm³/mol. The quantitative estimate of drug-likeness (QED) is 0.697. The fraction of sp³-hybridized carbons (Fsp3) is 0.158. The van der Waals surface area contributed by atoms with Crippen LogP contribution >= 0.6 is 0 Å². The average Bonchev–Trinajstić information content (AvgIpc) is 3.07. The van der Waals surface area contributed by atoms with Crippen LogP contribution in [-0.2, 0) is 0 Å². The standard InChI is InChI=1S/C19H19N3O4/c1-12-10-18(22-26-12)20-14-5-7-15(8-6-14)21-19(23)13-4-9-16(24-2)17(11-13)25-3/h4-11H,1-3H3,(H,20,22)(H,21,23). The highest BCUT2D eigenvalue weighted by atomic mass is 16.5. The molecule has 7 heteroatoms. The van der Waals surface area contributed by atoms with Gasteiger partial charge in [-0.3, -0.25) is 4.79 Å². The molecule has 0 atom stereocenters. The number of hydrogen-bond acceptors (Lipinski definition) is 6. The second-order valence-corrected chi connectivity index (χ2v) is 5.55. The molecule has 3 rings (SSSR count). The fourth-order valence-corrected chi connectivity index (χ4v) is 2.39. The highest BCUT2D eigenvalue weighted by molar-refractivity contribution is 6.04. The summed E-state index contributed by atoms with van der Waals surface area (Å²) in [5.41, 5.74) is 1.98. The number of nitrogens with one attached hydrogen (secondary N) is 2. The van der Waals surface area contributed by atoms with Gasteiger partial charge in [-0.2, -0.15) is 0 Å². The van der Waals surface area contributed by atoms with E-state index < -0.39 is 0 Å². The summed E-state index contributed by atoms with van der Waals surface area (Å²) in [5.74, 6) is 2.19. The Kier molecular flexibility index (Phi) is 5.07. The number of carbonyl (C=O) groups is 1. The van der Waals surface area contributed by atoms with E-state index in [9.17, 15) is 4.79 Å². The Morgan fingerprint density at radius 2 is 1.65 bits per heavy atom. The van der Waals surface area contributed by atoms with Gasteiger partial charge >= 0.3 is 0 Å². The molecule has 2 N–H and O–H groups in total. The lowest BCUT2D eigenvalue weighted by Crippen LogP contribution is -2.12. The normalized spacial score (nSPS) is 10.3. The third-order valence-electron chi connectivity index (χ3n) is 3.69. The van der Waals surface area contributed by atoms with Crippen LogP contribution in [0.25, 0.3) is 0 Å². The molecule has 0 radical (unpaired) electrons. The van der Waals surface area contributed by atoms with Crippen LogP contribution < -0.4 is 20.1 Å². The van der Waals surface area contributed by atoms with Gasteiger partial charge in [-0.1, -0.05) is 5.16 Å². The van der Waals surface area contributed by atoms with Crippen molar-refractivity contribution in [2.24, 2.45) is 0 Å². The lowest BCUT2D eigenvalue weighted by atomic mass is 10.1. The average molecular weight is 353 g/mol. The van der Waals surface area contributed by atoms with Gasteiger partial charge in [0.15, 0.2) is 17.3 Å². The van der Waals surface area contributed by atoms with E-state index >= 15 is 0 Å². The van der Waals surface area contributed by atoms with Crippen molar-refractivity contribution in [1.29, 1.82) is 0 Å². The van der Waals surface area contributed by atoms with Gasteiger partial charge in [0.2, 0.25) is 0 Å². The monoisotopic (exact) mass is 353 g/mol. The number of ether oxygens (including phenoxy) is 2. The number of hydrogen-bond donors (Lipinski definition) is 2. The van der Waals surface area contributed by atoms with Crippen molar-refractivity contribution in [1.82, 2.24) is 5.16 Å². The van der Waals surface area contributed by atoms with Gasteiger partial charge in [-0.25, -0.2) is 0 Å². The van der Waals surface area contributed by atoms with E-state index in [0.717, 1.165) is 11.4 Å². The first-order valence-electron chi connectivity index (χ1n) is 7.93. The van der Waals surface area contributed by atoms with Crippen molar-refractivity contribution in [2.75, 3.05) is 24.9 Å². The van der Waals surface area contributed by atoms with E-state index in [2.05, 4.69) is 15.8 Å². The first-order valence-corrected chi connectivity index (χ1v) is 7.93. The van der Waals surface area contributed by atoms with E-state index in [4.69, 9.17) is 14.0 Å². The Bertz CT molecular complexity index is 903. The zero-order valence-corrected chi connectivity index (χ0v) is 14.7. The number of methoxy groups -OCH3 is 2. The van der Waals surface area contributed by atoms with Gasteiger partial charge in [0.25, 0.3) is 5.91 Å². The van der Waals surface area contributed by atoms with Crippen LogP contribution in [0.2, 0.25) is 0 Å². The number of carbonyl (C=O) groups excluding carboxylic acids is 1. The minimum absolute atomic E-state index is 0.237. The van der Waals surface area contributed by atoms with Gasteiger partial charge in [0, 0.05) is 23.0 Å². The molecule has 0 unspecified atom stereocenters. The molecule has 0 bridgehead atoms. The first-order chi connectivity index (χ1) is 12.6. The van der Waals surface area contributed by atoms with E-state index in [1.54, 1.807) is 43.5 Å². The maximum Gasteiger partial charge on any atom is 0.255 e. The summed E-state index contributed by atoms with van der Waals surface area (Å²) in [6.07, 6.45) is 0. The van der Waals surface area contributed by atoms with Crippen LogP contribution in [-0.4, -0.2) is 25.3 Å². The topological polar surface area (TPSA) is 85.6 Å². The Hall–Kier alpha value is -3.48. The minimum Gasteiger partial charge on any atom is -0.493 e. The van der Waals surface area contributed by atoms with Crippen LogP contribution in [0.15, 0.2) is 53.1 Å². The molecule has 134 valence electrons. The Morgan fingerprint density at radius 1 is 0.962 bits per heavy atom. The van der Waals surface area contributed by atoms with Crippen molar-refractivity contribution < 1.29 is 18.8 Å². The van der Waals surface area contributed by atoms with Crippen LogP contribution in [0.4, 0.5) is 17.2 Å². The number of nitrogens with zero attached hydrogens (tertiary/aromatic N) is 1. The maximum absolute atomic E-state index is 12.4. The highest BCUT2D eigenvalue weighted by Gasteiger charge is 2.11. The zero-order valence-electron chi connectivity index (χ0n) is 14.7. The molecule has 2 aromatic carbocycles. The summed E-state index contributed by atoms with van der Waals surface area (Å²) in [6.45, 7) is 1.82. The molecule has 0 saturated carbocycles. The smallest absolute Gasteiger partial charge is 0.255 e. The molecule has 0 saturated heterocycles. The first kappa shape index (κ1) is 17.3. The summed E-state index contributed by atoms with van der Waals surface area (Å²) in [5, 5.41) is 9.84. The second-order valence-electron chi connectivity index (χ2n) is 5.55. The number of aryl methyl sites for hydroxylation is 1. The Labute approximate surface area is 150 Å². The van der Waals surface area contributed by atoms with Crippen LogP contribution in [0.1, 0.15) is 16.1 Å². The van der Waals surface area contributed by atoms with Crippen molar-refractivity contribution >= 4 is 23.1 Å². The van der Waals surface area contributed by atoms with E-state index in [0.29, 0.717) is 28.6 Å². The predicted octanol–water partition coefficient (Wildman–Crippen LogP) is 4.00. The lowest BCUT2D eigenvalue weighted by Gasteiger charge is -2.10. The fourth-order valence-electron chi connectivity index (χ4n) is 2.39. The van der Waals surface area contributed by atoms with Gasteiger partial charge in [0.1, 0.15) is 5.76 Å². The molecular weight excluding hydrogens is 334 g/mol. The number of rotatable bonds is 6. The van der Waals surface area contributed by atoms with Gasteiger partial charge < -0.3 is 24.6 Å². The van der Waals surface area contributed by atoms with E-state index in [1.807, 2.05) is 19.1 Å². The summed E-state index contributed by atoms with van der Waals surface area (Å²) >= 11 is 0. The third kappa shape index (κ3) is 3.94. The largest absolute Gasteiger partial charge is 0.493 e. The lowest BCUT2D eigenvalue weighted by molar-refractivity contribution is 0.102. The molecule has 0 aliphatic heterocycles. The van der Waals surface area contributed by atoms with Crippen molar-refractivity contribution in [3.63, 3.8) is 0 Å². The summed E-state index contributed by atoms with van der Waals surface area (Å²) < 4.78 is 15.4. The SMILES string of the molecule is COc1ccc(C(=O)Nc2ccc(Nc3cc(C)on3)cc2)cc1OC. The van der Waals surface area contributed by atoms with Crippen molar-refractivity contribution in [3.8, 4) is 11.5 Å². The number of aromatic nitrogens is 1. The summed E-state index contributed by atoms with van der Waals surface area (Å²) in [7, 11) is 3.08. The van der Waals surface area contributed by atoms with Crippen LogP contribution in [0.3, 0.4) is 0 Å². The molecule has 1 heterocycles. The number of amides is 1. The molecule has 0 aliphatic rings. The zero-order chi connectivity index (χ0) is 18.5. The number of anilines is 3. The second kappa shape index (κ2) is 7.60. The third-order valence-corrected chi connectivity index (χ3v) is 3.69. The molecule has 1 aromatic heterocycles. The Morgan fingerprint density at radius 3 is 2.27 bits per heavy atom. The van der Waals surface area contributed by atoms with Crippen LogP contribution in [0, 0.1) is 6.92 Å². The van der Waals surface area contributed by atoms with Gasteiger partial charge in [-0.15, -0.1) is 0 Å². The van der Waals surface area contributed by atoms with Gasteiger partial charge in [-0.05, 0) is 49.4 Å². The van der Waals surface area contributed by atoms with E-state index in [1.165, 1.54) is 7.11 Å². The van der Waals surface area contributed by atoms with E-state index in [-0.39, 0.29) is 5.91 Å². The Balaban J connectivity index is 1.67. The molecule has 7 nitrogen and oxygen atoms in total.